The maximum absolute atomic E-state index is 5.03. The second-order valence-corrected chi connectivity index (χ2v) is 2.94. The maximum Gasteiger partial charge on any atom is 0.155 e. The van der Waals surface area contributed by atoms with E-state index in [-0.39, 0.29) is 0 Å². The van der Waals surface area contributed by atoms with E-state index >= 15 is 0 Å². The first-order valence-corrected chi connectivity index (χ1v) is 4.49. The lowest BCUT2D eigenvalue weighted by molar-refractivity contribution is 0.272. The molecule has 0 aliphatic rings. The van der Waals surface area contributed by atoms with Crippen molar-refractivity contribution in [2.24, 2.45) is 0 Å². The summed E-state index contributed by atoms with van der Waals surface area (Å²) in [6.07, 6.45) is 4.99. The standard InChI is InChI=1S/C9H12N2OS/c1-3-12-5-4-9-10-6-8(13)7(2)11-9/h4-6,13H,3H2,1-2H3/b5-4+. The van der Waals surface area contributed by atoms with Crippen molar-refractivity contribution >= 4 is 18.7 Å². The highest BCUT2D eigenvalue weighted by Gasteiger charge is 1.95. The third kappa shape index (κ3) is 3.06. The van der Waals surface area contributed by atoms with E-state index in [2.05, 4.69) is 22.6 Å². The van der Waals surface area contributed by atoms with Crippen LogP contribution in [0.25, 0.3) is 6.08 Å². The fraction of sp³-hybridized carbons (Fsp3) is 0.333. The number of thiol groups is 1. The van der Waals surface area contributed by atoms with E-state index in [4.69, 9.17) is 4.74 Å². The molecule has 0 fully saturated rings. The van der Waals surface area contributed by atoms with Crippen molar-refractivity contribution in [1.29, 1.82) is 0 Å². The zero-order valence-electron chi connectivity index (χ0n) is 7.69. The minimum Gasteiger partial charge on any atom is -0.501 e. The first-order chi connectivity index (χ1) is 6.24. The van der Waals surface area contributed by atoms with E-state index in [9.17, 15) is 0 Å². The average Bonchev–Trinajstić information content (AvgIpc) is 2.12. The smallest absolute Gasteiger partial charge is 0.155 e. The monoisotopic (exact) mass is 196 g/mol. The maximum atomic E-state index is 5.03. The Hall–Kier alpha value is -1.03. The molecule has 0 aliphatic carbocycles. The molecule has 1 heterocycles. The van der Waals surface area contributed by atoms with Gasteiger partial charge in [0.1, 0.15) is 0 Å². The molecule has 13 heavy (non-hydrogen) atoms. The Bertz CT molecular complexity index is 312. The lowest BCUT2D eigenvalue weighted by Crippen LogP contribution is -1.91. The highest BCUT2D eigenvalue weighted by atomic mass is 32.1. The van der Waals surface area contributed by atoms with E-state index in [1.54, 1.807) is 18.5 Å². The van der Waals surface area contributed by atoms with Crippen LogP contribution in [0.2, 0.25) is 0 Å². The molecular formula is C9H12N2OS. The highest BCUT2D eigenvalue weighted by Crippen LogP contribution is 2.08. The van der Waals surface area contributed by atoms with Gasteiger partial charge in [-0.3, -0.25) is 0 Å². The second kappa shape index (κ2) is 4.87. The number of hydrogen-bond donors (Lipinski definition) is 1. The zero-order valence-corrected chi connectivity index (χ0v) is 8.58. The Labute approximate surface area is 83.3 Å². The van der Waals surface area contributed by atoms with Crippen LogP contribution in [0, 0.1) is 6.92 Å². The van der Waals surface area contributed by atoms with Gasteiger partial charge in [0, 0.05) is 17.2 Å². The summed E-state index contributed by atoms with van der Waals surface area (Å²) in [5.74, 6) is 0.642. The van der Waals surface area contributed by atoms with Crippen molar-refractivity contribution in [1.82, 2.24) is 9.97 Å². The fourth-order valence-electron chi connectivity index (χ4n) is 0.764. The molecule has 0 saturated carbocycles. The molecule has 3 nitrogen and oxygen atoms in total. The van der Waals surface area contributed by atoms with Crippen molar-refractivity contribution in [3.8, 4) is 0 Å². The summed E-state index contributed by atoms with van der Waals surface area (Å²) in [5, 5.41) is 0. The van der Waals surface area contributed by atoms with E-state index in [0.717, 1.165) is 10.6 Å². The number of aryl methyl sites for hydroxylation is 1. The van der Waals surface area contributed by atoms with Crippen LogP contribution in [-0.2, 0) is 4.74 Å². The van der Waals surface area contributed by atoms with Crippen molar-refractivity contribution in [2.45, 2.75) is 18.7 Å². The number of hydrogen-bond acceptors (Lipinski definition) is 4. The van der Waals surface area contributed by atoms with Crippen LogP contribution in [-0.4, -0.2) is 16.6 Å². The summed E-state index contributed by atoms with van der Waals surface area (Å²) in [6.45, 7) is 4.47. The van der Waals surface area contributed by atoms with Gasteiger partial charge >= 0.3 is 0 Å². The summed E-state index contributed by atoms with van der Waals surface area (Å²) >= 11 is 4.17. The predicted octanol–water partition coefficient (Wildman–Crippen LogP) is 2.08. The zero-order chi connectivity index (χ0) is 9.68. The Kier molecular flexibility index (Phi) is 3.76. The van der Waals surface area contributed by atoms with Gasteiger partial charge in [0.05, 0.1) is 18.6 Å². The Balaban J connectivity index is 2.73. The third-order valence-corrected chi connectivity index (χ3v) is 1.89. The average molecular weight is 196 g/mol. The topological polar surface area (TPSA) is 35.0 Å². The van der Waals surface area contributed by atoms with Gasteiger partial charge in [0.2, 0.25) is 0 Å². The minimum absolute atomic E-state index is 0.642. The number of nitrogens with zero attached hydrogens (tertiary/aromatic N) is 2. The first-order valence-electron chi connectivity index (χ1n) is 4.04. The molecule has 4 heteroatoms. The fourth-order valence-corrected chi connectivity index (χ4v) is 0.872. The molecule has 0 N–H and O–H groups in total. The summed E-state index contributed by atoms with van der Waals surface area (Å²) in [7, 11) is 0. The van der Waals surface area contributed by atoms with Gasteiger partial charge < -0.3 is 4.74 Å². The molecule has 0 radical (unpaired) electrons. The Morgan fingerprint density at radius 3 is 3.00 bits per heavy atom. The van der Waals surface area contributed by atoms with Crippen LogP contribution in [0.5, 0.6) is 0 Å². The highest BCUT2D eigenvalue weighted by molar-refractivity contribution is 7.80. The van der Waals surface area contributed by atoms with Gasteiger partial charge in [-0.15, -0.1) is 12.6 Å². The molecular weight excluding hydrogens is 184 g/mol. The Morgan fingerprint density at radius 1 is 1.62 bits per heavy atom. The van der Waals surface area contributed by atoms with Crippen LogP contribution in [0.4, 0.5) is 0 Å². The lowest BCUT2D eigenvalue weighted by Gasteiger charge is -1.98. The van der Waals surface area contributed by atoms with Crippen molar-refractivity contribution in [2.75, 3.05) is 6.61 Å². The molecule has 0 bridgehead atoms. The lowest BCUT2D eigenvalue weighted by atomic mass is 10.4. The van der Waals surface area contributed by atoms with Gasteiger partial charge in [0.25, 0.3) is 0 Å². The third-order valence-electron chi connectivity index (χ3n) is 1.45. The van der Waals surface area contributed by atoms with Crippen LogP contribution in [0.3, 0.4) is 0 Å². The summed E-state index contributed by atoms with van der Waals surface area (Å²) in [6, 6.07) is 0. The summed E-state index contributed by atoms with van der Waals surface area (Å²) in [4.78, 5) is 9.05. The van der Waals surface area contributed by atoms with E-state index in [1.807, 2.05) is 13.8 Å². The second-order valence-electron chi connectivity index (χ2n) is 2.46. The van der Waals surface area contributed by atoms with Crippen LogP contribution < -0.4 is 0 Å². The van der Waals surface area contributed by atoms with Gasteiger partial charge in [-0.2, -0.15) is 0 Å². The molecule has 1 rings (SSSR count). The number of ether oxygens (including phenoxy) is 1. The van der Waals surface area contributed by atoms with Gasteiger partial charge in [-0.05, 0) is 13.8 Å². The molecule has 1 aromatic heterocycles. The number of rotatable bonds is 3. The first kappa shape index (κ1) is 10.1. The molecule has 0 atom stereocenters. The molecule has 0 aromatic carbocycles. The van der Waals surface area contributed by atoms with Crippen molar-refractivity contribution in [3.63, 3.8) is 0 Å². The van der Waals surface area contributed by atoms with Crippen LogP contribution in [0.1, 0.15) is 18.4 Å². The molecule has 1 aromatic rings. The van der Waals surface area contributed by atoms with E-state index < -0.39 is 0 Å². The van der Waals surface area contributed by atoms with Gasteiger partial charge in [-0.1, -0.05) is 0 Å². The largest absolute Gasteiger partial charge is 0.501 e. The van der Waals surface area contributed by atoms with Crippen LogP contribution in [0.15, 0.2) is 17.4 Å². The van der Waals surface area contributed by atoms with E-state index in [1.165, 1.54) is 0 Å². The van der Waals surface area contributed by atoms with Crippen LogP contribution >= 0.6 is 12.6 Å². The molecule has 0 saturated heterocycles. The quantitative estimate of drug-likeness (QED) is 0.594. The normalized spacial score (nSPS) is 10.7. The molecule has 0 unspecified atom stereocenters. The molecule has 0 amide bonds. The SMILES string of the molecule is CCO/C=C/c1ncc(S)c(C)n1. The molecule has 0 aliphatic heterocycles. The molecule has 70 valence electrons. The minimum atomic E-state index is 0.642. The summed E-state index contributed by atoms with van der Waals surface area (Å²) in [5.41, 5.74) is 0.870. The van der Waals surface area contributed by atoms with Crippen molar-refractivity contribution < 1.29 is 4.74 Å². The summed E-state index contributed by atoms with van der Waals surface area (Å²) < 4.78 is 5.03. The van der Waals surface area contributed by atoms with Crippen molar-refractivity contribution in [3.05, 3.63) is 24.0 Å². The van der Waals surface area contributed by atoms with Gasteiger partial charge in [-0.25, -0.2) is 9.97 Å². The molecule has 0 spiro atoms. The van der Waals surface area contributed by atoms with Gasteiger partial charge in [0.15, 0.2) is 5.82 Å². The predicted molar refractivity (Wildman–Crippen MR) is 54.7 cm³/mol. The van der Waals surface area contributed by atoms with E-state index in [0.29, 0.717) is 12.4 Å². The number of aromatic nitrogens is 2. The Morgan fingerprint density at radius 2 is 2.38 bits per heavy atom.